The Bertz CT molecular complexity index is 469. The smallest absolute Gasteiger partial charge is 0.373 e. The van der Waals surface area contributed by atoms with Crippen molar-refractivity contribution < 1.29 is 18.0 Å². The van der Waals surface area contributed by atoms with Gasteiger partial charge in [0.15, 0.2) is 0 Å². The quantitative estimate of drug-likeness (QED) is 0.872. The molecule has 1 saturated carbocycles. The summed E-state index contributed by atoms with van der Waals surface area (Å²) >= 11 is 0. The number of nitrogens with one attached hydrogen (secondary N) is 2. The van der Waals surface area contributed by atoms with Crippen LogP contribution in [0, 0.1) is 0 Å². The molecule has 0 aliphatic heterocycles. The molecular weight excluding hydrogens is 247 g/mol. The lowest BCUT2D eigenvalue weighted by Crippen LogP contribution is -2.48. The van der Waals surface area contributed by atoms with Crippen LogP contribution in [0.1, 0.15) is 23.3 Å². The maximum absolute atomic E-state index is 12.7. The zero-order valence-electron chi connectivity index (χ0n) is 9.64. The number of aromatic nitrogens is 1. The van der Waals surface area contributed by atoms with E-state index in [4.69, 9.17) is 0 Å². The van der Waals surface area contributed by atoms with Gasteiger partial charge in [-0.25, -0.2) is 4.98 Å². The molecule has 0 atom stereocenters. The summed E-state index contributed by atoms with van der Waals surface area (Å²) in [4.78, 5) is 15.6. The van der Waals surface area contributed by atoms with Crippen LogP contribution in [0.2, 0.25) is 0 Å². The standard InChI is InChI=1S/C11H12F3N3O/c1-15-8-4-2-3-7(16-8)9(18)17-10(5-6-10)11(12,13)14/h2-4H,5-6H2,1H3,(H,15,16)(H,17,18). The highest BCUT2D eigenvalue weighted by Crippen LogP contribution is 2.48. The van der Waals surface area contributed by atoms with Crippen LogP contribution in [0.15, 0.2) is 18.2 Å². The van der Waals surface area contributed by atoms with Crippen molar-refractivity contribution >= 4 is 11.7 Å². The van der Waals surface area contributed by atoms with E-state index in [1.807, 2.05) is 5.32 Å². The average molecular weight is 259 g/mol. The van der Waals surface area contributed by atoms with Crippen LogP contribution < -0.4 is 10.6 Å². The van der Waals surface area contributed by atoms with Crippen molar-refractivity contribution in [3.8, 4) is 0 Å². The van der Waals surface area contributed by atoms with Crippen LogP contribution in [0.5, 0.6) is 0 Å². The molecule has 18 heavy (non-hydrogen) atoms. The van der Waals surface area contributed by atoms with E-state index >= 15 is 0 Å². The van der Waals surface area contributed by atoms with Gasteiger partial charge in [0.05, 0.1) is 0 Å². The Balaban J connectivity index is 2.13. The zero-order chi connectivity index (χ0) is 13.4. The van der Waals surface area contributed by atoms with Gasteiger partial charge in [-0.05, 0) is 25.0 Å². The van der Waals surface area contributed by atoms with Gasteiger partial charge in [0.25, 0.3) is 5.91 Å². The summed E-state index contributed by atoms with van der Waals surface area (Å²) in [6, 6.07) is 4.55. The first-order valence-corrected chi connectivity index (χ1v) is 5.42. The van der Waals surface area contributed by atoms with Crippen LogP contribution in [-0.2, 0) is 0 Å². The van der Waals surface area contributed by atoms with Crippen molar-refractivity contribution in [3.05, 3.63) is 23.9 Å². The molecule has 1 amide bonds. The number of carbonyl (C=O) groups is 1. The summed E-state index contributed by atoms with van der Waals surface area (Å²) in [5.41, 5.74) is -2.08. The first kappa shape index (κ1) is 12.7. The Labute approximate surface area is 102 Å². The second kappa shape index (κ2) is 4.15. The lowest BCUT2D eigenvalue weighted by molar-refractivity contribution is -0.163. The number of alkyl halides is 3. The summed E-state index contributed by atoms with van der Waals surface area (Å²) < 4.78 is 38.0. The Hall–Kier alpha value is -1.79. The van der Waals surface area contributed by atoms with Crippen LogP contribution in [0.3, 0.4) is 0 Å². The van der Waals surface area contributed by atoms with Gasteiger partial charge in [-0.3, -0.25) is 4.79 Å². The molecule has 0 aromatic carbocycles. The number of nitrogens with zero attached hydrogens (tertiary/aromatic N) is 1. The van der Waals surface area contributed by atoms with Crippen molar-refractivity contribution in [2.24, 2.45) is 0 Å². The van der Waals surface area contributed by atoms with Crippen molar-refractivity contribution in [1.82, 2.24) is 10.3 Å². The number of pyridine rings is 1. The minimum absolute atomic E-state index is 0.0302. The number of halogens is 3. The van der Waals surface area contributed by atoms with Crippen LogP contribution in [-0.4, -0.2) is 29.7 Å². The molecule has 0 radical (unpaired) electrons. The second-order valence-corrected chi connectivity index (χ2v) is 4.19. The van der Waals surface area contributed by atoms with E-state index in [2.05, 4.69) is 10.3 Å². The fourth-order valence-corrected chi connectivity index (χ4v) is 1.59. The minimum Gasteiger partial charge on any atom is -0.373 e. The molecule has 0 bridgehead atoms. The number of rotatable bonds is 3. The van der Waals surface area contributed by atoms with E-state index in [1.54, 1.807) is 19.2 Å². The van der Waals surface area contributed by atoms with E-state index < -0.39 is 17.6 Å². The maximum Gasteiger partial charge on any atom is 0.411 e. The summed E-state index contributed by atoms with van der Waals surface area (Å²) in [7, 11) is 1.61. The SMILES string of the molecule is CNc1cccc(C(=O)NC2(C(F)(F)F)CC2)n1. The lowest BCUT2D eigenvalue weighted by atomic mass is 10.2. The van der Waals surface area contributed by atoms with Crippen molar-refractivity contribution in [1.29, 1.82) is 0 Å². The zero-order valence-corrected chi connectivity index (χ0v) is 9.64. The first-order chi connectivity index (χ1) is 8.38. The highest BCUT2D eigenvalue weighted by atomic mass is 19.4. The van der Waals surface area contributed by atoms with Crippen LogP contribution in [0.4, 0.5) is 19.0 Å². The topological polar surface area (TPSA) is 54.0 Å². The summed E-state index contributed by atoms with van der Waals surface area (Å²) in [6.45, 7) is 0. The van der Waals surface area contributed by atoms with E-state index in [0.29, 0.717) is 5.82 Å². The van der Waals surface area contributed by atoms with Crippen molar-refractivity contribution in [3.63, 3.8) is 0 Å². The highest BCUT2D eigenvalue weighted by Gasteiger charge is 2.64. The Morgan fingerprint density at radius 3 is 2.56 bits per heavy atom. The highest BCUT2D eigenvalue weighted by molar-refractivity contribution is 5.93. The van der Waals surface area contributed by atoms with Crippen molar-refractivity contribution in [2.75, 3.05) is 12.4 Å². The normalized spacial score (nSPS) is 17.1. The predicted molar refractivity (Wildman–Crippen MR) is 59.3 cm³/mol. The van der Waals surface area contributed by atoms with Gasteiger partial charge in [0.2, 0.25) is 0 Å². The molecule has 1 aromatic heterocycles. The van der Waals surface area contributed by atoms with Gasteiger partial charge in [-0.2, -0.15) is 13.2 Å². The van der Waals surface area contributed by atoms with E-state index in [-0.39, 0.29) is 18.5 Å². The molecule has 0 spiro atoms. The number of carbonyl (C=O) groups excluding carboxylic acids is 1. The monoisotopic (exact) mass is 259 g/mol. The number of hydrogen-bond acceptors (Lipinski definition) is 3. The molecule has 0 unspecified atom stereocenters. The third-order valence-electron chi connectivity index (χ3n) is 2.88. The first-order valence-electron chi connectivity index (χ1n) is 5.42. The lowest BCUT2D eigenvalue weighted by Gasteiger charge is -2.20. The molecule has 7 heteroatoms. The molecule has 1 aromatic rings. The van der Waals surface area contributed by atoms with Crippen molar-refractivity contribution in [2.45, 2.75) is 24.6 Å². The molecule has 1 aliphatic rings. The van der Waals surface area contributed by atoms with E-state index in [9.17, 15) is 18.0 Å². The third-order valence-corrected chi connectivity index (χ3v) is 2.88. The summed E-state index contributed by atoms with van der Waals surface area (Å²) in [5.74, 6) is -0.374. The average Bonchev–Trinajstić information content (AvgIpc) is 3.09. The Morgan fingerprint density at radius 1 is 1.39 bits per heavy atom. The Kier molecular flexibility index (Phi) is 2.92. The van der Waals surface area contributed by atoms with Gasteiger partial charge in [0, 0.05) is 7.05 Å². The summed E-state index contributed by atoms with van der Waals surface area (Å²) in [5, 5.41) is 4.74. The van der Waals surface area contributed by atoms with Gasteiger partial charge in [-0.15, -0.1) is 0 Å². The Morgan fingerprint density at radius 2 is 2.06 bits per heavy atom. The molecule has 98 valence electrons. The van der Waals surface area contributed by atoms with E-state index in [1.165, 1.54) is 6.07 Å². The fraction of sp³-hybridized carbons (Fsp3) is 0.455. The third kappa shape index (κ3) is 2.25. The molecule has 4 nitrogen and oxygen atoms in total. The predicted octanol–water partition coefficient (Wildman–Crippen LogP) is 1.95. The fourth-order valence-electron chi connectivity index (χ4n) is 1.59. The van der Waals surface area contributed by atoms with Gasteiger partial charge in [-0.1, -0.05) is 6.07 Å². The molecule has 1 fully saturated rings. The number of hydrogen-bond donors (Lipinski definition) is 2. The number of amides is 1. The molecule has 0 saturated heterocycles. The van der Waals surface area contributed by atoms with Gasteiger partial charge >= 0.3 is 6.18 Å². The maximum atomic E-state index is 12.7. The molecule has 2 N–H and O–H groups in total. The molecule has 1 heterocycles. The molecule has 2 rings (SSSR count). The minimum atomic E-state index is -4.41. The summed E-state index contributed by atoms with van der Waals surface area (Å²) in [6.07, 6.45) is -4.56. The largest absolute Gasteiger partial charge is 0.411 e. The second-order valence-electron chi connectivity index (χ2n) is 4.19. The van der Waals surface area contributed by atoms with Crippen LogP contribution >= 0.6 is 0 Å². The molecular formula is C11H12F3N3O. The molecule has 1 aliphatic carbocycles. The van der Waals surface area contributed by atoms with E-state index in [0.717, 1.165) is 0 Å². The van der Waals surface area contributed by atoms with Gasteiger partial charge < -0.3 is 10.6 Å². The number of anilines is 1. The van der Waals surface area contributed by atoms with Crippen LogP contribution in [0.25, 0.3) is 0 Å². The van der Waals surface area contributed by atoms with Gasteiger partial charge in [0.1, 0.15) is 17.1 Å².